The van der Waals surface area contributed by atoms with Gasteiger partial charge < -0.3 is 4.90 Å². The normalized spacial score (nSPS) is 10.6. The first kappa shape index (κ1) is 14.2. The quantitative estimate of drug-likeness (QED) is 0.722. The summed E-state index contributed by atoms with van der Waals surface area (Å²) in [5.74, 6) is -0.125. The van der Waals surface area contributed by atoms with Gasteiger partial charge in [0.15, 0.2) is 0 Å². The summed E-state index contributed by atoms with van der Waals surface area (Å²) in [4.78, 5) is 24.7. The maximum absolute atomic E-state index is 11.9. The summed E-state index contributed by atoms with van der Waals surface area (Å²) < 4.78 is 0. The van der Waals surface area contributed by atoms with Gasteiger partial charge in [-0.2, -0.15) is 0 Å². The van der Waals surface area contributed by atoms with Crippen LogP contribution in [0.4, 0.5) is 0 Å². The largest absolute Gasteiger partial charge is 0.328 e. The van der Waals surface area contributed by atoms with Gasteiger partial charge in [-0.15, -0.1) is 0 Å². The minimum absolute atomic E-state index is 0.0100. The van der Waals surface area contributed by atoms with Crippen molar-refractivity contribution in [3.05, 3.63) is 48.0 Å². The van der Waals surface area contributed by atoms with Crippen molar-refractivity contribution >= 4 is 11.7 Å². The lowest BCUT2D eigenvalue weighted by molar-refractivity contribution is -0.131. The Morgan fingerprint density at radius 1 is 1.22 bits per heavy atom. The molecule has 1 amide bonds. The summed E-state index contributed by atoms with van der Waals surface area (Å²) in [7, 11) is 0. The van der Waals surface area contributed by atoms with Crippen LogP contribution in [0.25, 0.3) is 0 Å². The van der Waals surface area contributed by atoms with E-state index in [0.717, 1.165) is 12.0 Å². The molecule has 0 bridgehead atoms. The van der Waals surface area contributed by atoms with Crippen LogP contribution in [0.3, 0.4) is 0 Å². The number of benzene rings is 1. The molecule has 96 valence electrons. The monoisotopic (exact) mass is 245 g/mol. The fourth-order valence-corrected chi connectivity index (χ4v) is 1.61. The van der Waals surface area contributed by atoms with Crippen molar-refractivity contribution in [3.8, 4) is 0 Å². The van der Waals surface area contributed by atoms with Crippen molar-refractivity contribution < 1.29 is 9.59 Å². The van der Waals surface area contributed by atoms with E-state index in [1.807, 2.05) is 37.3 Å². The number of carbonyl (C=O) groups excluding carboxylic acids is 2. The van der Waals surface area contributed by atoms with E-state index in [1.165, 1.54) is 13.0 Å². The molecule has 1 aromatic carbocycles. The Balaban J connectivity index is 2.75. The fourth-order valence-electron chi connectivity index (χ4n) is 1.61. The first-order valence-corrected chi connectivity index (χ1v) is 6.12. The number of amides is 1. The molecule has 0 atom stereocenters. The van der Waals surface area contributed by atoms with E-state index in [-0.39, 0.29) is 18.2 Å². The molecule has 0 heterocycles. The van der Waals surface area contributed by atoms with Crippen LogP contribution in [-0.2, 0) is 16.1 Å². The van der Waals surface area contributed by atoms with Gasteiger partial charge in [0.25, 0.3) is 0 Å². The molecule has 0 saturated carbocycles. The average molecular weight is 245 g/mol. The first-order valence-electron chi connectivity index (χ1n) is 6.12. The van der Waals surface area contributed by atoms with Crippen molar-refractivity contribution in [1.82, 2.24) is 4.90 Å². The number of nitrogens with zero attached hydrogens (tertiary/aromatic N) is 1. The third-order valence-electron chi connectivity index (χ3n) is 2.44. The van der Waals surface area contributed by atoms with Crippen molar-refractivity contribution in [1.29, 1.82) is 0 Å². The Hall–Kier alpha value is -1.90. The molecule has 0 spiro atoms. The van der Waals surface area contributed by atoms with Crippen LogP contribution in [0.2, 0.25) is 0 Å². The Labute approximate surface area is 108 Å². The molecule has 3 heteroatoms. The molecule has 0 aromatic heterocycles. The molecule has 0 aliphatic rings. The predicted molar refractivity (Wildman–Crippen MR) is 72.0 cm³/mol. The summed E-state index contributed by atoms with van der Waals surface area (Å²) in [6.07, 6.45) is 4.15. The second-order valence-electron chi connectivity index (χ2n) is 4.19. The minimum Gasteiger partial charge on any atom is -0.328 e. The Morgan fingerprint density at radius 3 is 2.44 bits per heavy atom. The van der Waals surface area contributed by atoms with E-state index < -0.39 is 0 Å². The van der Waals surface area contributed by atoms with Crippen LogP contribution >= 0.6 is 0 Å². The summed E-state index contributed by atoms with van der Waals surface area (Å²) in [6.45, 7) is 4.08. The highest BCUT2D eigenvalue weighted by atomic mass is 16.2. The molecule has 1 aromatic rings. The van der Waals surface area contributed by atoms with Gasteiger partial charge in [0.05, 0.1) is 6.54 Å². The van der Waals surface area contributed by atoms with Gasteiger partial charge >= 0.3 is 0 Å². The van der Waals surface area contributed by atoms with E-state index in [4.69, 9.17) is 0 Å². The lowest BCUT2D eigenvalue weighted by Crippen LogP contribution is -2.33. The number of ketones is 1. The van der Waals surface area contributed by atoms with Crippen LogP contribution in [0.5, 0.6) is 0 Å². The van der Waals surface area contributed by atoms with Crippen molar-refractivity contribution in [3.63, 3.8) is 0 Å². The van der Waals surface area contributed by atoms with E-state index in [1.54, 1.807) is 11.0 Å². The molecule has 18 heavy (non-hydrogen) atoms. The molecule has 3 nitrogen and oxygen atoms in total. The highest BCUT2D eigenvalue weighted by molar-refractivity contribution is 5.91. The SMILES string of the molecule is CC/C=C/C(=O)N(CC(C)=O)Cc1ccccc1. The molecule has 0 aliphatic carbocycles. The second kappa shape index (κ2) is 7.43. The fraction of sp³-hybridized carbons (Fsp3) is 0.333. The number of rotatable bonds is 6. The molecule has 0 saturated heterocycles. The number of carbonyl (C=O) groups is 2. The third-order valence-corrected chi connectivity index (χ3v) is 2.44. The van der Waals surface area contributed by atoms with Gasteiger partial charge in [0.2, 0.25) is 5.91 Å². The highest BCUT2D eigenvalue weighted by Gasteiger charge is 2.12. The zero-order valence-corrected chi connectivity index (χ0v) is 10.9. The number of Topliss-reactive ketones (excluding diaryl/α,β-unsaturated/α-hetero) is 1. The number of hydrogen-bond acceptors (Lipinski definition) is 2. The van der Waals surface area contributed by atoms with Gasteiger partial charge in [0, 0.05) is 6.54 Å². The van der Waals surface area contributed by atoms with Crippen molar-refractivity contribution in [2.24, 2.45) is 0 Å². The minimum atomic E-state index is -0.115. The molecule has 0 fully saturated rings. The van der Waals surface area contributed by atoms with Gasteiger partial charge in [-0.3, -0.25) is 9.59 Å². The van der Waals surface area contributed by atoms with Crippen molar-refractivity contribution in [2.75, 3.05) is 6.54 Å². The summed E-state index contributed by atoms with van der Waals surface area (Å²) in [5.41, 5.74) is 1.02. The molecule has 0 unspecified atom stereocenters. The molecule has 1 rings (SSSR count). The van der Waals surface area contributed by atoms with Crippen LogP contribution in [-0.4, -0.2) is 23.1 Å². The second-order valence-corrected chi connectivity index (χ2v) is 4.19. The predicted octanol–water partition coefficient (Wildman–Crippen LogP) is 2.57. The Kier molecular flexibility index (Phi) is 5.85. The van der Waals surface area contributed by atoms with Crippen LogP contribution < -0.4 is 0 Å². The molecule has 0 N–H and O–H groups in total. The summed E-state index contributed by atoms with van der Waals surface area (Å²) in [6, 6.07) is 9.67. The van der Waals surface area contributed by atoms with Crippen LogP contribution in [0.15, 0.2) is 42.5 Å². The number of hydrogen-bond donors (Lipinski definition) is 0. The average Bonchev–Trinajstić information content (AvgIpc) is 2.36. The molecule has 0 radical (unpaired) electrons. The van der Waals surface area contributed by atoms with E-state index in [2.05, 4.69) is 0 Å². The van der Waals surface area contributed by atoms with Gasteiger partial charge in [-0.1, -0.05) is 43.3 Å². The van der Waals surface area contributed by atoms with E-state index in [9.17, 15) is 9.59 Å². The highest BCUT2D eigenvalue weighted by Crippen LogP contribution is 2.05. The lowest BCUT2D eigenvalue weighted by Gasteiger charge is -2.19. The molecule has 0 aliphatic heterocycles. The third kappa shape index (κ3) is 4.95. The molecular weight excluding hydrogens is 226 g/mol. The van der Waals surface area contributed by atoms with Gasteiger partial charge in [0.1, 0.15) is 5.78 Å². The summed E-state index contributed by atoms with van der Waals surface area (Å²) >= 11 is 0. The molecular formula is C15H19NO2. The maximum Gasteiger partial charge on any atom is 0.246 e. The topological polar surface area (TPSA) is 37.4 Å². The van der Waals surface area contributed by atoms with Crippen LogP contribution in [0.1, 0.15) is 25.8 Å². The Bertz CT molecular complexity index is 423. The van der Waals surface area contributed by atoms with Crippen LogP contribution in [0, 0.1) is 0 Å². The maximum atomic E-state index is 11.9. The smallest absolute Gasteiger partial charge is 0.246 e. The number of allylic oxidation sites excluding steroid dienone is 1. The van der Waals surface area contributed by atoms with Gasteiger partial charge in [-0.25, -0.2) is 0 Å². The summed E-state index contributed by atoms with van der Waals surface area (Å²) in [5, 5.41) is 0. The first-order chi connectivity index (χ1) is 8.63. The standard InChI is InChI=1S/C15H19NO2/c1-3-4-10-15(18)16(11-13(2)17)12-14-8-6-5-7-9-14/h4-10H,3,11-12H2,1-2H3/b10-4+. The lowest BCUT2D eigenvalue weighted by atomic mass is 10.2. The van der Waals surface area contributed by atoms with E-state index in [0.29, 0.717) is 6.54 Å². The Morgan fingerprint density at radius 2 is 1.89 bits per heavy atom. The van der Waals surface area contributed by atoms with E-state index >= 15 is 0 Å². The zero-order chi connectivity index (χ0) is 13.4. The van der Waals surface area contributed by atoms with Crippen molar-refractivity contribution in [2.45, 2.75) is 26.8 Å². The zero-order valence-electron chi connectivity index (χ0n) is 10.9. The van der Waals surface area contributed by atoms with Gasteiger partial charge in [-0.05, 0) is 25.0 Å².